The number of benzene rings is 2. The molecule has 23 heavy (non-hydrogen) atoms. The van der Waals surface area contributed by atoms with Gasteiger partial charge in [-0.3, -0.25) is 14.8 Å². The van der Waals surface area contributed by atoms with Gasteiger partial charge in [0.1, 0.15) is 4.90 Å². The van der Waals surface area contributed by atoms with Gasteiger partial charge in [-0.2, -0.15) is 0 Å². The highest BCUT2D eigenvalue weighted by Crippen LogP contribution is 2.41. The molecule has 120 valence electrons. The second-order valence-electron chi connectivity index (χ2n) is 4.22. The molecule has 0 spiro atoms. The normalized spacial score (nSPS) is 10.5. The first-order valence-electron chi connectivity index (χ1n) is 6.08. The van der Waals surface area contributed by atoms with Crippen molar-refractivity contribution in [2.24, 2.45) is 0 Å². The van der Waals surface area contributed by atoms with Crippen LogP contribution in [0.3, 0.4) is 0 Å². The van der Waals surface area contributed by atoms with Crippen LogP contribution in [-0.4, -0.2) is 24.4 Å². The standard InChI is InChI=1S/C13H10N2O6S2/c16-13(17)8-6-10(14-23(20)21)12(11(7-8)15(18)19)22-9-4-2-1-3-5-9/h1-7,23H,(H,16,17)(H,14,20,21). The van der Waals surface area contributed by atoms with Crippen molar-refractivity contribution in [3.8, 4) is 0 Å². The Bertz CT molecular complexity index is 828. The third-order valence-corrected chi connectivity index (χ3v) is 4.25. The topological polar surface area (TPSA) is 127 Å². The van der Waals surface area contributed by atoms with Gasteiger partial charge in [-0.25, -0.2) is 13.2 Å². The first-order chi connectivity index (χ1) is 10.9. The predicted molar refractivity (Wildman–Crippen MR) is 84.6 cm³/mol. The molecule has 2 rings (SSSR count). The van der Waals surface area contributed by atoms with E-state index in [1.54, 1.807) is 30.3 Å². The number of carboxylic acid groups (broad SMARTS) is 1. The van der Waals surface area contributed by atoms with Gasteiger partial charge >= 0.3 is 5.97 Å². The molecule has 0 fully saturated rings. The summed E-state index contributed by atoms with van der Waals surface area (Å²) in [6.07, 6.45) is 0. The smallest absolute Gasteiger partial charge is 0.336 e. The van der Waals surface area contributed by atoms with Crippen LogP contribution in [0.1, 0.15) is 10.4 Å². The quantitative estimate of drug-likeness (QED) is 0.413. The molecule has 2 aromatic carbocycles. The highest BCUT2D eigenvalue weighted by molar-refractivity contribution is 7.99. The molecule has 0 unspecified atom stereocenters. The van der Waals surface area contributed by atoms with E-state index in [9.17, 15) is 23.3 Å². The Hall–Kier alpha value is -2.59. The van der Waals surface area contributed by atoms with Crippen molar-refractivity contribution < 1.29 is 23.2 Å². The Kier molecular flexibility index (Phi) is 5.19. The maximum atomic E-state index is 11.2. The molecule has 0 atom stereocenters. The van der Waals surface area contributed by atoms with E-state index in [0.29, 0.717) is 4.90 Å². The molecule has 0 radical (unpaired) electrons. The van der Waals surface area contributed by atoms with E-state index in [0.717, 1.165) is 23.9 Å². The number of nitrogens with zero attached hydrogens (tertiary/aromatic N) is 1. The van der Waals surface area contributed by atoms with Crippen molar-refractivity contribution in [1.82, 2.24) is 0 Å². The second kappa shape index (κ2) is 7.11. The number of nitrogens with one attached hydrogen (secondary N) is 1. The fourth-order valence-corrected chi connectivity index (χ4v) is 3.20. The SMILES string of the molecule is O=C(O)c1cc(N[SH](=O)=O)c(Sc2ccccc2)c([N+](=O)[O-])c1. The minimum absolute atomic E-state index is 0.0189. The zero-order valence-corrected chi connectivity index (χ0v) is 13.0. The molecule has 0 bridgehead atoms. The van der Waals surface area contributed by atoms with Crippen LogP contribution in [0.5, 0.6) is 0 Å². The predicted octanol–water partition coefficient (Wildman–Crippen LogP) is 2.38. The molecule has 0 saturated carbocycles. The van der Waals surface area contributed by atoms with Gasteiger partial charge in [0.2, 0.25) is 10.9 Å². The van der Waals surface area contributed by atoms with Gasteiger partial charge < -0.3 is 5.11 Å². The molecule has 10 heteroatoms. The van der Waals surface area contributed by atoms with Crippen molar-refractivity contribution in [1.29, 1.82) is 0 Å². The Morgan fingerprint density at radius 3 is 2.39 bits per heavy atom. The Labute approximate surface area is 136 Å². The fraction of sp³-hybridized carbons (Fsp3) is 0. The molecule has 8 nitrogen and oxygen atoms in total. The molecule has 0 aliphatic heterocycles. The van der Waals surface area contributed by atoms with Gasteiger partial charge in [0.15, 0.2) is 0 Å². The summed E-state index contributed by atoms with van der Waals surface area (Å²) in [4.78, 5) is 22.2. The van der Waals surface area contributed by atoms with E-state index in [4.69, 9.17) is 5.11 Å². The second-order valence-corrected chi connectivity index (χ2v) is 6.04. The Morgan fingerprint density at radius 2 is 1.87 bits per heavy atom. The molecule has 0 aromatic heterocycles. The zero-order valence-electron chi connectivity index (χ0n) is 11.3. The first-order valence-corrected chi connectivity index (χ1v) is 8.07. The van der Waals surface area contributed by atoms with Crippen molar-refractivity contribution >= 4 is 40.0 Å². The molecule has 0 amide bonds. The largest absolute Gasteiger partial charge is 0.478 e. The molecule has 0 aliphatic rings. The number of aromatic carboxylic acids is 1. The lowest BCUT2D eigenvalue weighted by atomic mass is 10.2. The highest BCUT2D eigenvalue weighted by Gasteiger charge is 2.23. The maximum absolute atomic E-state index is 11.2. The van der Waals surface area contributed by atoms with Crippen molar-refractivity contribution in [3.63, 3.8) is 0 Å². The van der Waals surface area contributed by atoms with Crippen LogP contribution in [0.15, 0.2) is 52.3 Å². The molecule has 2 aromatic rings. The monoisotopic (exact) mass is 354 g/mol. The minimum Gasteiger partial charge on any atom is -0.478 e. The van der Waals surface area contributed by atoms with Crippen molar-refractivity contribution in [2.75, 3.05) is 4.72 Å². The summed E-state index contributed by atoms with van der Waals surface area (Å²) < 4.78 is 23.9. The summed E-state index contributed by atoms with van der Waals surface area (Å²) in [5.74, 6) is -1.39. The molecular formula is C13H10N2O6S2. The Morgan fingerprint density at radius 1 is 1.22 bits per heavy atom. The summed E-state index contributed by atoms with van der Waals surface area (Å²) in [7, 11) is -3.11. The molecule has 2 N–H and O–H groups in total. The van der Waals surface area contributed by atoms with Gasteiger partial charge in [0.05, 0.1) is 16.2 Å². The lowest BCUT2D eigenvalue weighted by molar-refractivity contribution is -0.387. The summed E-state index contributed by atoms with van der Waals surface area (Å²) in [6, 6.07) is 10.5. The number of nitro benzene ring substituents is 1. The minimum atomic E-state index is -3.11. The average Bonchev–Trinajstić information content (AvgIpc) is 2.48. The molecule has 0 saturated heterocycles. The summed E-state index contributed by atoms with van der Waals surface area (Å²) in [6.45, 7) is 0. The third-order valence-electron chi connectivity index (χ3n) is 2.69. The summed E-state index contributed by atoms with van der Waals surface area (Å²) in [5, 5.41) is 20.3. The molecule has 0 heterocycles. The Balaban J connectivity index is 2.64. The summed E-state index contributed by atoms with van der Waals surface area (Å²) in [5.41, 5.74) is -1.02. The van der Waals surface area contributed by atoms with E-state index < -0.39 is 27.5 Å². The number of hydrogen-bond acceptors (Lipinski definition) is 6. The van der Waals surface area contributed by atoms with Crippen LogP contribution in [0.2, 0.25) is 0 Å². The lowest BCUT2D eigenvalue weighted by Gasteiger charge is -2.10. The third kappa shape index (κ3) is 4.20. The number of carboxylic acids is 1. The van der Waals surface area contributed by atoms with Crippen LogP contribution in [0, 0.1) is 10.1 Å². The number of thiol groups is 1. The van der Waals surface area contributed by atoms with Gasteiger partial charge in [-0.1, -0.05) is 30.0 Å². The van der Waals surface area contributed by atoms with Crippen LogP contribution in [0.4, 0.5) is 11.4 Å². The van der Waals surface area contributed by atoms with Crippen LogP contribution >= 0.6 is 11.8 Å². The zero-order chi connectivity index (χ0) is 17.0. The fourth-order valence-electron chi connectivity index (χ4n) is 1.77. The van der Waals surface area contributed by atoms with Crippen molar-refractivity contribution in [2.45, 2.75) is 9.79 Å². The van der Waals surface area contributed by atoms with E-state index in [2.05, 4.69) is 0 Å². The maximum Gasteiger partial charge on any atom is 0.336 e. The van der Waals surface area contributed by atoms with Crippen LogP contribution < -0.4 is 4.72 Å². The lowest BCUT2D eigenvalue weighted by Crippen LogP contribution is -2.05. The van der Waals surface area contributed by atoms with Crippen LogP contribution in [0.25, 0.3) is 0 Å². The highest BCUT2D eigenvalue weighted by atomic mass is 32.2. The molecular weight excluding hydrogens is 344 g/mol. The van der Waals surface area contributed by atoms with Gasteiger partial charge in [0, 0.05) is 11.0 Å². The van der Waals surface area contributed by atoms with E-state index >= 15 is 0 Å². The first kappa shape index (κ1) is 16.8. The van der Waals surface area contributed by atoms with E-state index in [1.165, 1.54) is 0 Å². The number of anilines is 1. The number of nitro groups is 1. The number of carbonyl (C=O) groups is 1. The summed E-state index contributed by atoms with van der Waals surface area (Å²) >= 11 is 0.967. The average molecular weight is 354 g/mol. The van der Waals surface area contributed by atoms with Gasteiger partial charge in [0.25, 0.3) is 5.69 Å². The van der Waals surface area contributed by atoms with E-state index in [1.807, 2.05) is 4.72 Å². The van der Waals surface area contributed by atoms with Gasteiger partial charge in [-0.15, -0.1) is 0 Å². The number of hydrogen-bond donors (Lipinski definition) is 3. The van der Waals surface area contributed by atoms with E-state index in [-0.39, 0.29) is 16.1 Å². The van der Waals surface area contributed by atoms with Crippen LogP contribution in [-0.2, 0) is 10.9 Å². The van der Waals surface area contributed by atoms with Gasteiger partial charge in [-0.05, 0) is 18.2 Å². The van der Waals surface area contributed by atoms with Crippen molar-refractivity contribution in [3.05, 3.63) is 58.1 Å². The number of rotatable bonds is 6. The molecule has 0 aliphatic carbocycles.